The first-order valence-electron chi connectivity index (χ1n) is 38.4. The molecule has 0 rings (SSSR count). The number of carbonyl (C=O) groups is 3. The number of carbonyl (C=O) groups excluding carboxylic acids is 3. The lowest BCUT2D eigenvalue weighted by Gasteiger charge is -2.26. The van der Waals surface area contributed by atoms with Gasteiger partial charge in [0.15, 0.2) is 12.4 Å². The van der Waals surface area contributed by atoms with Crippen LogP contribution in [-0.2, 0) is 33.3 Å². The number of hydrogen-bond donors (Lipinski definition) is 0. The third-order valence-electron chi connectivity index (χ3n) is 16.8. The Balaban J connectivity index is 4.00. The largest absolute Gasteiger partial charge is 0.545 e. The molecular formula is C82H145NO8. The average Bonchev–Trinajstić information content (AvgIpc) is 3.46. The van der Waals surface area contributed by atoms with Crippen LogP contribution in [0, 0.1) is 0 Å². The summed E-state index contributed by atoms with van der Waals surface area (Å²) in [4.78, 5) is 37.6. The summed E-state index contributed by atoms with van der Waals surface area (Å²) in [6.07, 6.45) is 96.6. The van der Waals surface area contributed by atoms with E-state index in [4.69, 9.17) is 18.9 Å². The fourth-order valence-corrected chi connectivity index (χ4v) is 11.0. The van der Waals surface area contributed by atoms with Gasteiger partial charge in [0.05, 0.1) is 40.3 Å². The van der Waals surface area contributed by atoms with Crippen LogP contribution in [0.1, 0.15) is 348 Å². The van der Waals surface area contributed by atoms with Crippen molar-refractivity contribution in [2.45, 2.75) is 360 Å². The Hall–Kier alpha value is -3.79. The molecule has 0 spiro atoms. The number of unbranched alkanes of at least 4 members (excludes halogenated alkanes) is 40. The van der Waals surface area contributed by atoms with Crippen LogP contribution >= 0.6 is 0 Å². The zero-order chi connectivity index (χ0) is 66.1. The van der Waals surface area contributed by atoms with Gasteiger partial charge in [0.25, 0.3) is 0 Å². The van der Waals surface area contributed by atoms with E-state index < -0.39 is 24.3 Å². The molecule has 2 atom stereocenters. The number of rotatable bonds is 71. The topological polar surface area (TPSA) is 111 Å². The van der Waals surface area contributed by atoms with Crippen molar-refractivity contribution in [3.8, 4) is 0 Å². The minimum absolute atomic E-state index is 0.145. The van der Waals surface area contributed by atoms with Gasteiger partial charge in [0.2, 0.25) is 0 Å². The molecule has 0 aliphatic heterocycles. The van der Waals surface area contributed by atoms with Gasteiger partial charge >= 0.3 is 11.9 Å². The van der Waals surface area contributed by atoms with E-state index in [9.17, 15) is 19.5 Å². The Morgan fingerprint density at radius 3 is 0.934 bits per heavy atom. The smallest absolute Gasteiger partial charge is 0.306 e. The third-order valence-corrected chi connectivity index (χ3v) is 16.8. The highest BCUT2D eigenvalue weighted by Crippen LogP contribution is 2.18. The second-order valence-electron chi connectivity index (χ2n) is 26.9. The van der Waals surface area contributed by atoms with Crippen molar-refractivity contribution >= 4 is 17.9 Å². The van der Waals surface area contributed by atoms with Gasteiger partial charge in [-0.2, -0.15) is 0 Å². The molecule has 526 valence electrons. The van der Waals surface area contributed by atoms with Crippen molar-refractivity contribution in [2.75, 3.05) is 47.5 Å². The molecule has 0 N–H and O–H groups in total. The van der Waals surface area contributed by atoms with E-state index in [2.05, 4.69) is 111 Å². The van der Waals surface area contributed by atoms with Crippen LogP contribution < -0.4 is 5.11 Å². The van der Waals surface area contributed by atoms with E-state index in [1.165, 1.54) is 225 Å². The second-order valence-corrected chi connectivity index (χ2v) is 26.9. The first kappa shape index (κ1) is 87.2. The highest BCUT2D eigenvalue weighted by atomic mass is 16.7. The van der Waals surface area contributed by atoms with Crippen LogP contribution in [0.25, 0.3) is 0 Å². The van der Waals surface area contributed by atoms with E-state index in [-0.39, 0.29) is 32.2 Å². The molecule has 0 aromatic rings. The maximum atomic E-state index is 12.9. The van der Waals surface area contributed by atoms with E-state index in [1.807, 2.05) is 21.1 Å². The number of quaternary nitrogens is 1. The molecule has 0 saturated heterocycles. The summed E-state index contributed by atoms with van der Waals surface area (Å²) in [5.41, 5.74) is 0. The number of ether oxygens (including phenoxy) is 4. The predicted octanol–water partition coefficient (Wildman–Crippen LogP) is 23.0. The van der Waals surface area contributed by atoms with Gasteiger partial charge < -0.3 is 33.3 Å². The van der Waals surface area contributed by atoms with Crippen molar-refractivity contribution in [2.24, 2.45) is 0 Å². The number of allylic oxidation sites excluding steroid dienone is 16. The van der Waals surface area contributed by atoms with E-state index in [0.29, 0.717) is 23.9 Å². The Morgan fingerprint density at radius 1 is 0.341 bits per heavy atom. The van der Waals surface area contributed by atoms with E-state index in [0.717, 1.165) is 89.9 Å². The summed E-state index contributed by atoms with van der Waals surface area (Å²) in [7, 11) is 5.94. The standard InChI is InChI=1S/C82H145NO8/c1-6-8-10-12-14-16-18-20-22-24-26-28-30-32-34-35-36-37-38-39-40-41-42-43-44-45-47-48-50-52-54-56-58-60-62-64-66-68-70-72-79(84)89-76-78(77-90-82(81(86)87)88-75-74-83(3,4)5)91-80(85)73-71-69-67-65-63-61-59-57-55-53-51-49-46-33-31-29-27-25-23-21-19-17-15-13-11-9-7-2/h9,11,15,17-18,20-21,23-24,26-27,29-30,32-33,46,78,82H,6-8,10,12-14,16,19,22,25,28,31,34-45,47-77H2,1-5H3/b11-9-,17-15-,20-18-,23-21-,26-24-,29-27-,32-30-,46-33-. The van der Waals surface area contributed by atoms with Gasteiger partial charge in [-0.3, -0.25) is 9.59 Å². The van der Waals surface area contributed by atoms with Crippen molar-refractivity contribution in [3.05, 3.63) is 97.2 Å². The van der Waals surface area contributed by atoms with Crippen LogP contribution in [0.2, 0.25) is 0 Å². The number of nitrogens with zero attached hydrogens (tertiary/aromatic N) is 1. The number of aliphatic carboxylic acids is 1. The highest BCUT2D eigenvalue weighted by Gasteiger charge is 2.22. The molecule has 0 saturated carbocycles. The molecule has 2 unspecified atom stereocenters. The number of carboxylic acid groups (broad SMARTS) is 1. The number of likely N-dealkylation sites (N-methyl/N-ethyl adjacent to an activating group) is 1. The molecule has 0 aromatic heterocycles. The zero-order valence-corrected chi connectivity index (χ0v) is 60.2. The van der Waals surface area contributed by atoms with E-state index >= 15 is 0 Å². The third kappa shape index (κ3) is 73.5. The number of esters is 2. The minimum atomic E-state index is -1.63. The highest BCUT2D eigenvalue weighted by molar-refractivity contribution is 5.70. The van der Waals surface area contributed by atoms with Crippen LogP contribution in [-0.4, -0.2) is 82.3 Å². The molecule has 0 fully saturated rings. The van der Waals surface area contributed by atoms with Gasteiger partial charge in [0.1, 0.15) is 13.2 Å². The van der Waals surface area contributed by atoms with Crippen molar-refractivity contribution < 1.29 is 42.9 Å². The van der Waals surface area contributed by atoms with Gasteiger partial charge in [-0.1, -0.05) is 336 Å². The van der Waals surface area contributed by atoms with Crippen LogP contribution in [0.5, 0.6) is 0 Å². The lowest BCUT2D eigenvalue weighted by molar-refractivity contribution is -0.870. The Morgan fingerprint density at radius 2 is 0.626 bits per heavy atom. The molecule has 0 aromatic carbocycles. The number of hydrogen-bond acceptors (Lipinski definition) is 8. The lowest BCUT2D eigenvalue weighted by Crippen LogP contribution is -2.44. The van der Waals surface area contributed by atoms with Crippen LogP contribution in [0.4, 0.5) is 0 Å². The van der Waals surface area contributed by atoms with Gasteiger partial charge in [-0.25, -0.2) is 0 Å². The molecule has 91 heavy (non-hydrogen) atoms. The molecule has 0 bridgehead atoms. The molecule has 0 aliphatic rings. The Bertz CT molecular complexity index is 1820. The lowest BCUT2D eigenvalue weighted by atomic mass is 10.0. The van der Waals surface area contributed by atoms with E-state index in [1.54, 1.807) is 0 Å². The summed E-state index contributed by atoms with van der Waals surface area (Å²) in [6, 6.07) is 0. The van der Waals surface area contributed by atoms with Gasteiger partial charge in [0, 0.05) is 12.8 Å². The fourth-order valence-electron chi connectivity index (χ4n) is 11.0. The maximum absolute atomic E-state index is 12.9. The SMILES string of the molecule is CC/C=C\C/C=C\C/C=C\C/C=C\C/C=C\CCCCCCCCCCCCCC(=O)OC(COC(=O)CCCCCCCCCCCCCCCCCCCCCCCCCC/C=C\C/C=C\C/C=C\CCCCCCC)COC(OCC[N+](C)(C)C)C(=O)[O-]. The molecule has 0 aliphatic carbocycles. The van der Waals surface area contributed by atoms with Crippen molar-refractivity contribution in [3.63, 3.8) is 0 Å². The first-order valence-corrected chi connectivity index (χ1v) is 38.4. The van der Waals surface area contributed by atoms with Crippen LogP contribution in [0.3, 0.4) is 0 Å². The van der Waals surface area contributed by atoms with Crippen molar-refractivity contribution in [1.82, 2.24) is 0 Å². The minimum Gasteiger partial charge on any atom is -0.545 e. The summed E-state index contributed by atoms with van der Waals surface area (Å²) < 4.78 is 22.8. The summed E-state index contributed by atoms with van der Waals surface area (Å²) >= 11 is 0. The summed E-state index contributed by atoms with van der Waals surface area (Å²) in [5, 5.41) is 11.8. The molecule has 9 nitrogen and oxygen atoms in total. The fraction of sp³-hybridized carbons (Fsp3) is 0.768. The molecule has 9 heteroatoms. The monoisotopic (exact) mass is 1270 g/mol. The molecule has 0 amide bonds. The Kier molecular flexibility index (Phi) is 69.0. The summed E-state index contributed by atoms with van der Waals surface area (Å²) in [5.74, 6) is -2.27. The maximum Gasteiger partial charge on any atom is 0.306 e. The zero-order valence-electron chi connectivity index (χ0n) is 60.2. The normalized spacial score (nSPS) is 13.2. The quantitative estimate of drug-likeness (QED) is 0.0195. The molecule has 0 heterocycles. The average molecular weight is 1270 g/mol. The van der Waals surface area contributed by atoms with Gasteiger partial charge in [-0.15, -0.1) is 0 Å². The number of carboxylic acids is 1. The molecule has 0 radical (unpaired) electrons. The van der Waals surface area contributed by atoms with Crippen molar-refractivity contribution in [1.29, 1.82) is 0 Å². The Labute approximate surface area is 562 Å². The van der Waals surface area contributed by atoms with Crippen LogP contribution in [0.15, 0.2) is 97.2 Å². The second kappa shape index (κ2) is 72.0. The molecular weight excluding hydrogens is 1130 g/mol. The summed E-state index contributed by atoms with van der Waals surface area (Å²) in [6.45, 7) is 4.66. The van der Waals surface area contributed by atoms with Gasteiger partial charge in [-0.05, 0) is 96.3 Å². The predicted molar refractivity (Wildman–Crippen MR) is 389 cm³/mol. The first-order chi connectivity index (χ1) is 44.6.